The first-order valence-electron chi connectivity index (χ1n) is 6.42. The second kappa shape index (κ2) is 6.86. The molecule has 1 amide bonds. The molecule has 0 aliphatic heterocycles. The van der Waals surface area contributed by atoms with Crippen molar-refractivity contribution in [3.8, 4) is 0 Å². The third-order valence-electron chi connectivity index (χ3n) is 3.14. The van der Waals surface area contributed by atoms with E-state index in [1.165, 1.54) is 6.42 Å². The molecule has 1 aliphatic carbocycles. The third kappa shape index (κ3) is 4.49. The average Bonchev–Trinajstić information content (AvgIpc) is 2.25. The van der Waals surface area contributed by atoms with Gasteiger partial charge in [0, 0.05) is 18.6 Å². The van der Waals surface area contributed by atoms with E-state index in [1.807, 2.05) is 6.92 Å². The molecule has 0 aromatic heterocycles. The largest absolute Gasteiger partial charge is 0.355 e. The van der Waals surface area contributed by atoms with Crippen molar-refractivity contribution in [2.75, 3.05) is 6.54 Å². The Morgan fingerprint density at radius 3 is 2.88 bits per heavy atom. The maximum atomic E-state index is 11.7. The summed E-state index contributed by atoms with van der Waals surface area (Å²) in [6.45, 7) is 4.73. The quantitative estimate of drug-likeness (QED) is 0.649. The fourth-order valence-electron chi connectivity index (χ4n) is 2.21. The molecule has 0 aromatic rings. The molecule has 0 aromatic carbocycles. The summed E-state index contributed by atoms with van der Waals surface area (Å²) in [5.41, 5.74) is 5.92. The summed E-state index contributed by atoms with van der Waals surface area (Å²) in [7, 11) is 0. The topological polar surface area (TPSA) is 67.2 Å². The van der Waals surface area contributed by atoms with Crippen molar-refractivity contribution in [1.29, 1.82) is 0 Å². The van der Waals surface area contributed by atoms with Crippen LogP contribution in [-0.2, 0) is 4.79 Å². The standard InChI is InChI=1S/C12H25N3O/c1-3-7-14-12(16)9(2)15-11-6-4-5-10(13)8-11/h9-11,15H,3-8,13H2,1-2H3,(H,14,16). The predicted octanol–water partition coefficient (Wildman–Crippen LogP) is 0.761. The van der Waals surface area contributed by atoms with Gasteiger partial charge in [0.25, 0.3) is 0 Å². The highest BCUT2D eigenvalue weighted by Gasteiger charge is 2.22. The lowest BCUT2D eigenvalue weighted by Crippen LogP contribution is -2.49. The number of nitrogens with two attached hydrogens (primary N) is 1. The first-order chi connectivity index (χ1) is 7.63. The molecule has 4 heteroatoms. The van der Waals surface area contributed by atoms with Crippen molar-refractivity contribution in [2.24, 2.45) is 5.73 Å². The van der Waals surface area contributed by atoms with Crippen molar-refractivity contribution in [3.63, 3.8) is 0 Å². The van der Waals surface area contributed by atoms with E-state index in [9.17, 15) is 4.79 Å². The first kappa shape index (κ1) is 13.5. The van der Waals surface area contributed by atoms with Crippen molar-refractivity contribution >= 4 is 5.91 Å². The van der Waals surface area contributed by atoms with Crippen LogP contribution in [0.2, 0.25) is 0 Å². The lowest BCUT2D eigenvalue weighted by atomic mass is 9.91. The average molecular weight is 227 g/mol. The van der Waals surface area contributed by atoms with Crippen molar-refractivity contribution in [1.82, 2.24) is 10.6 Å². The number of carbonyl (C=O) groups is 1. The summed E-state index contributed by atoms with van der Waals surface area (Å²) in [4.78, 5) is 11.7. The minimum atomic E-state index is -0.109. The van der Waals surface area contributed by atoms with Crippen molar-refractivity contribution in [2.45, 2.75) is 64.1 Å². The van der Waals surface area contributed by atoms with E-state index in [0.29, 0.717) is 12.1 Å². The minimum absolute atomic E-state index is 0.0981. The maximum absolute atomic E-state index is 11.7. The van der Waals surface area contributed by atoms with Gasteiger partial charge in [0.05, 0.1) is 6.04 Å². The zero-order valence-corrected chi connectivity index (χ0v) is 10.5. The molecule has 4 nitrogen and oxygen atoms in total. The summed E-state index contributed by atoms with van der Waals surface area (Å²) < 4.78 is 0. The predicted molar refractivity (Wildman–Crippen MR) is 66.1 cm³/mol. The van der Waals surface area contributed by atoms with Crippen LogP contribution in [0.15, 0.2) is 0 Å². The number of hydrogen-bond acceptors (Lipinski definition) is 3. The fourth-order valence-corrected chi connectivity index (χ4v) is 2.21. The molecule has 3 atom stereocenters. The zero-order valence-electron chi connectivity index (χ0n) is 10.5. The van der Waals surface area contributed by atoms with E-state index in [1.54, 1.807) is 0 Å². The molecule has 4 N–H and O–H groups in total. The van der Waals surface area contributed by atoms with E-state index in [0.717, 1.165) is 32.2 Å². The molecule has 0 spiro atoms. The molecule has 3 unspecified atom stereocenters. The van der Waals surface area contributed by atoms with Crippen LogP contribution in [-0.4, -0.2) is 30.6 Å². The SMILES string of the molecule is CCCNC(=O)C(C)NC1CCCC(N)C1. The number of nitrogens with one attached hydrogen (secondary N) is 2. The zero-order chi connectivity index (χ0) is 12.0. The fraction of sp³-hybridized carbons (Fsp3) is 0.917. The molecule has 94 valence electrons. The molecule has 1 rings (SSSR count). The van der Waals surface area contributed by atoms with Crippen LogP contribution in [0.4, 0.5) is 0 Å². The van der Waals surface area contributed by atoms with E-state index in [4.69, 9.17) is 5.73 Å². The second-order valence-corrected chi connectivity index (χ2v) is 4.80. The van der Waals surface area contributed by atoms with Gasteiger partial charge in [0.1, 0.15) is 0 Å². The number of carbonyl (C=O) groups excluding carboxylic acids is 1. The van der Waals surface area contributed by atoms with Crippen LogP contribution in [0.25, 0.3) is 0 Å². The normalized spacial score (nSPS) is 27.4. The highest BCUT2D eigenvalue weighted by molar-refractivity contribution is 5.81. The molecule has 1 fully saturated rings. The van der Waals surface area contributed by atoms with Gasteiger partial charge in [-0.2, -0.15) is 0 Å². The molecular formula is C12H25N3O. The van der Waals surface area contributed by atoms with E-state index < -0.39 is 0 Å². The number of hydrogen-bond donors (Lipinski definition) is 3. The molecule has 1 aliphatic rings. The molecule has 0 radical (unpaired) electrons. The Labute approximate surface area is 98.3 Å². The Bertz CT molecular complexity index is 220. The van der Waals surface area contributed by atoms with Gasteiger partial charge < -0.3 is 16.4 Å². The monoisotopic (exact) mass is 227 g/mol. The van der Waals surface area contributed by atoms with Crippen LogP contribution >= 0.6 is 0 Å². The van der Waals surface area contributed by atoms with Gasteiger partial charge in [-0.25, -0.2) is 0 Å². The van der Waals surface area contributed by atoms with Gasteiger partial charge in [-0.15, -0.1) is 0 Å². The summed E-state index contributed by atoms with van der Waals surface area (Å²) >= 11 is 0. The summed E-state index contributed by atoms with van der Waals surface area (Å²) in [6.07, 6.45) is 5.40. The second-order valence-electron chi connectivity index (χ2n) is 4.80. The van der Waals surface area contributed by atoms with Gasteiger partial charge in [-0.05, 0) is 32.6 Å². The van der Waals surface area contributed by atoms with Crippen molar-refractivity contribution in [3.05, 3.63) is 0 Å². The van der Waals surface area contributed by atoms with Crippen LogP contribution in [0.1, 0.15) is 46.0 Å². The molecule has 0 heterocycles. The lowest BCUT2D eigenvalue weighted by molar-refractivity contribution is -0.123. The van der Waals surface area contributed by atoms with E-state index in [-0.39, 0.29) is 11.9 Å². The Hall–Kier alpha value is -0.610. The molecule has 16 heavy (non-hydrogen) atoms. The molecule has 1 saturated carbocycles. The van der Waals surface area contributed by atoms with Gasteiger partial charge in [0.2, 0.25) is 5.91 Å². The maximum Gasteiger partial charge on any atom is 0.236 e. The van der Waals surface area contributed by atoms with Crippen LogP contribution in [0.3, 0.4) is 0 Å². The van der Waals surface area contributed by atoms with E-state index >= 15 is 0 Å². The summed E-state index contributed by atoms with van der Waals surface area (Å²) in [6, 6.07) is 0.602. The summed E-state index contributed by atoms with van der Waals surface area (Å²) in [5, 5.41) is 6.27. The number of amides is 1. The Kier molecular flexibility index (Phi) is 5.77. The summed E-state index contributed by atoms with van der Waals surface area (Å²) in [5.74, 6) is 0.0981. The van der Waals surface area contributed by atoms with Gasteiger partial charge in [-0.1, -0.05) is 13.3 Å². The van der Waals surface area contributed by atoms with Crippen LogP contribution in [0, 0.1) is 0 Å². The first-order valence-corrected chi connectivity index (χ1v) is 6.42. The smallest absolute Gasteiger partial charge is 0.236 e. The minimum Gasteiger partial charge on any atom is -0.355 e. The van der Waals surface area contributed by atoms with Crippen LogP contribution < -0.4 is 16.4 Å². The highest BCUT2D eigenvalue weighted by Crippen LogP contribution is 2.17. The van der Waals surface area contributed by atoms with Crippen LogP contribution in [0.5, 0.6) is 0 Å². The Balaban J connectivity index is 2.26. The van der Waals surface area contributed by atoms with Gasteiger partial charge >= 0.3 is 0 Å². The third-order valence-corrected chi connectivity index (χ3v) is 3.14. The van der Waals surface area contributed by atoms with Gasteiger partial charge in [0.15, 0.2) is 0 Å². The van der Waals surface area contributed by atoms with Crippen molar-refractivity contribution < 1.29 is 4.79 Å². The molecule has 0 saturated heterocycles. The Morgan fingerprint density at radius 2 is 2.25 bits per heavy atom. The molecular weight excluding hydrogens is 202 g/mol. The lowest BCUT2D eigenvalue weighted by Gasteiger charge is -2.29. The Morgan fingerprint density at radius 1 is 1.50 bits per heavy atom. The highest BCUT2D eigenvalue weighted by atomic mass is 16.2. The molecule has 0 bridgehead atoms. The number of rotatable bonds is 5. The van der Waals surface area contributed by atoms with Gasteiger partial charge in [-0.3, -0.25) is 4.79 Å². The van der Waals surface area contributed by atoms with E-state index in [2.05, 4.69) is 17.6 Å².